The van der Waals surface area contributed by atoms with Crippen molar-refractivity contribution in [3.05, 3.63) is 35.4 Å². The molecule has 2 rings (SSSR count). The fraction of sp³-hybridized carbons (Fsp3) is 0.611. The molecule has 0 heterocycles. The van der Waals surface area contributed by atoms with Gasteiger partial charge >= 0.3 is 0 Å². The minimum Gasteiger partial charge on any atom is -0.355 e. The largest absolute Gasteiger partial charge is 0.355 e. The van der Waals surface area contributed by atoms with E-state index < -0.39 is 0 Å². The van der Waals surface area contributed by atoms with E-state index in [4.69, 9.17) is 0 Å². The molecule has 2 nitrogen and oxygen atoms in total. The Bertz CT molecular complexity index is 423. The van der Waals surface area contributed by atoms with E-state index in [1.165, 1.54) is 43.2 Å². The van der Waals surface area contributed by atoms with Crippen LogP contribution in [-0.4, -0.2) is 23.5 Å². The normalized spacial score (nSPS) is 15.9. The second-order valence-corrected chi connectivity index (χ2v) is 7.37. The number of hydrogen-bond acceptors (Lipinski definition) is 2. The molecule has 1 aromatic carbocycles. The number of amides is 1. The zero-order valence-electron chi connectivity index (χ0n) is 13.1. The summed E-state index contributed by atoms with van der Waals surface area (Å²) in [7, 11) is 0. The molecule has 0 aromatic heterocycles. The summed E-state index contributed by atoms with van der Waals surface area (Å²) in [5.41, 5.74) is 2.51. The zero-order valence-corrected chi connectivity index (χ0v) is 13.9. The van der Waals surface area contributed by atoms with Gasteiger partial charge in [0, 0.05) is 24.0 Å². The van der Waals surface area contributed by atoms with Crippen molar-refractivity contribution in [1.82, 2.24) is 5.32 Å². The van der Waals surface area contributed by atoms with Crippen molar-refractivity contribution in [2.24, 2.45) is 0 Å². The van der Waals surface area contributed by atoms with Crippen molar-refractivity contribution in [1.29, 1.82) is 0 Å². The standard InChI is InChI=1S/C18H27NOS/c1-15-7-9-16(10-8-15)11-12-18(20)19-13-14-21-17-5-3-2-4-6-17/h7-10,17H,2-6,11-14H2,1H3,(H,19,20). The highest BCUT2D eigenvalue weighted by Gasteiger charge is 2.13. The van der Waals surface area contributed by atoms with Crippen molar-refractivity contribution in [2.45, 2.75) is 57.1 Å². The van der Waals surface area contributed by atoms with Crippen LogP contribution in [0.4, 0.5) is 0 Å². The molecule has 1 amide bonds. The lowest BCUT2D eigenvalue weighted by molar-refractivity contribution is -0.120. The number of carbonyl (C=O) groups is 1. The van der Waals surface area contributed by atoms with Gasteiger partial charge in [-0.3, -0.25) is 4.79 Å². The Morgan fingerprint density at radius 3 is 2.62 bits per heavy atom. The summed E-state index contributed by atoms with van der Waals surface area (Å²) in [5, 5.41) is 3.88. The third kappa shape index (κ3) is 6.56. The minimum atomic E-state index is 0.180. The van der Waals surface area contributed by atoms with Crippen LogP contribution in [0.1, 0.15) is 49.7 Å². The fourth-order valence-electron chi connectivity index (χ4n) is 2.75. The van der Waals surface area contributed by atoms with E-state index in [1.54, 1.807) is 0 Å². The van der Waals surface area contributed by atoms with Crippen LogP contribution < -0.4 is 5.32 Å². The topological polar surface area (TPSA) is 29.1 Å². The highest BCUT2D eigenvalue weighted by molar-refractivity contribution is 7.99. The summed E-state index contributed by atoms with van der Waals surface area (Å²) in [5.74, 6) is 1.24. The molecule has 0 aliphatic heterocycles. The van der Waals surface area contributed by atoms with Crippen molar-refractivity contribution < 1.29 is 4.79 Å². The molecular formula is C18H27NOS. The van der Waals surface area contributed by atoms with Gasteiger partial charge in [0.15, 0.2) is 0 Å². The Morgan fingerprint density at radius 1 is 1.19 bits per heavy atom. The molecule has 0 saturated heterocycles. The van der Waals surface area contributed by atoms with Crippen LogP contribution in [0.3, 0.4) is 0 Å². The van der Waals surface area contributed by atoms with E-state index in [-0.39, 0.29) is 5.91 Å². The Hall–Kier alpha value is -0.960. The van der Waals surface area contributed by atoms with E-state index in [1.807, 2.05) is 11.8 Å². The SMILES string of the molecule is Cc1ccc(CCC(=O)NCCSC2CCCCC2)cc1. The van der Waals surface area contributed by atoms with Crippen LogP contribution >= 0.6 is 11.8 Å². The van der Waals surface area contributed by atoms with Gasteiger partial charge in [0.05, 0.1) is 0 Å². The number of aryl methyl sites for hydroxylation is 2. The Balaban J connectivity index is 1.54. The molecule has 0 atom stereocenters. The number of rotatable bonds is 7. The average Bonchev–Trinajstić information content (AvgIpc) is 2.52. The van der Waals surface area contributed by atoms with Crippen LogP contribution in [0.25, 0.3) is 0 Å². The maximum atomic E-state index is 11.8. The smallest absolute Gasteiger partial charge is 0.220 e. The fourth-order valence-corrected chi connectivity index (χ4v) is 3.97. The lowest BCUT2D eigenvalue weighted by Gasteiger charge is -2.20. The first-order valence-corrected chi connectivity index (χ1v) is 9.23. The van der Waals surface area contributed by atoms with Gasteiger partial charge < -0.3 is 5.32 Å². The molecule has 1 saturated carbocycles. The Morgan fingerprint density at radius 2 is 1.90 bits per heavy atom. The highest BCUT2D eigenvalue weighted by atomic mass is 32.2. The van der Waals surface area contributed by atoms with E-state index in [0.29, 0.717) is 6.42 Å². The average molecular weight is 305 g/mol. The second-order valence-electron chi connectivity index (χ2n) is 5.97. The van der Waals surface area contributed by atoms with Gasteiger partial charge in [0.2, 0.25) is 5.91 Å². The lowest BCUT2D eigenvalue weighted by atomic mass is 10.0. The number of benzene rings is 1. The first-order valence-electron chi connectivity index (χ1n) is 8.18. The molecule has 1 aliphatic carbocycles. The van der Waals surface area contributed by atoms with Crippen LogP contribution in [-0.2, 0) is 11.2 Å². The van der Waals surface area contributed by atoms with Crippen molar-refractivity contribution >= 4 is 17.7 Å². The molecule has 1 fully saturated rings. The first kappa shape index (κ1) is 16.4. The van der Waals surface area contributed by atoms with Gasteiger partial charge in [0.25, 0.3) is 0 Å². The van der Waals surface area contributed by atoms with Crippen LogP contribution in [0.2, 0.25) is 0 Å². The van der Waals surface area contributed by atoms with Crippen molar-refractivity contribution in [3.63, 3.8) is 0 Å². The van der Waals surface area contributed by atoms with Gasteiger partial charge in [-0.05, 0) is 31.7 Å². The summed E-state index contributed by atoms with van der Waals surface area (Å²) in [6.45, 7) is 2.90. The molecule has 1 aliphatic rings. The Kier molecular flexibility index (Phi) is 7.14. The number of carbonyl (C=O) groups excluding carboxylic acids is 1. The molecule has 0 bridgehead atoms. The van der Waals surface area contributed by atoms with E-state index in [0.717, 1.165) is 24.0 Å². The highest BCUT2D eigenvalue weighted by Crippen LogP contribution is 2.27. The van der Waals surface area contributed by atoms with E-state index in [2.05, 4.69) is 36.5 Å². The molecule has 1 N–H and O–H groups in total. The van der Waals surface area contributed by atoms with Crippen LogP contribution in [0, 0.1) is 6.92 Å². The van der Waals surface area contributed by atoms with Gasteiger partial charge in [-0.1, -0.05) is 49.1 Å². The van der Waals surface area contributed by atoms with Crippen LogP contribution in [0.15, 0.2) is 24.3 Å². The summed E-state index contributed by atoms with van der Waals surface area (Å²) in [6, 6.07) is 8.44. The van der Waals surface area contributed by atoms with Gasteiger partial charge in [-0.15, -0.1) is 0 Å². The predicted molar refractivity (Wildman–Crippen MR) is 91.8 cm³/mol. The molecule has 0 spiro atoms. The van der Waals surface area contributed by atoms with E-state index >= 15 is 0 Å². The molecule has 0 unspecified atom stereocenters. The minimum absolute atomic E-state index is 0.180. The maximum Gasteiger partial charge on any atom is 0.220 e. The Labute approximate surface area is 133 Å². The van der Waals surface area contributed by atoms with Gasteiger partial charge in [-0.2, -0.15) is 11.8 Å². The van der Waals surface area contributed by atoms with Crippen molar-refractivity contribution in [3.8, 4) is 0 Å². The van der Waals surface area contributed by atoms with Gasteiger partial charge in [0.1, 0.15) is 0 Å². The molecule has 21 heavy (non-hydrogen) atoms. The summed E-state index contributed by atoms with van der Waals surface area (Å²) >= 11 is 2.04. The quantitative estimate of drug-likeness (QED) is 0.768. The third-order valence-electron chi connectivity index (χ3n) is 4.09. The molecule has 1 aromatic rings. The predicted octanol–water partition coefficient (Wildman–Crippen LogP) is 4.11. The molecule has 3 heteroatoms. The first-order chi connectivity index (χ1) is 10.2. The lowest BCUT2D eigenvalue weighted by Crippen LogP contribution is -2.26. The van der Waals surface area contributed by atoms with Gasteiger partial charge in [-0.25, -0.2) is 0 Å². The monoisotopic (exact) mass is 305 g/mol. The molecule has 116 valence electrons. The third-order valence-corrected chi connectivity index (χ3v) is 5.47. The number of thioether (sulfide) groups is 1. The zero-order chi connectivity index (χ0) is 14.9. The van der Waals surface area contributed by atoms with E-state index in [9.17, 15) is 4.79 Å². The summed E-state index contributed by atoms with van der Waals surface area (Å²) < 4.78 is 0. The molecular weight excluding hydrogens is 278 g/mol. The summed E-state index contributed by atoms with van der Waals surface area (Å²) in [6.07, 6.45) is 8.35. The van der Waals surface area contributed by atoms with Crippen LogP contribution in [0.5, 0.6) is 0 Å². The molecule has 0 radical (unpaired) electrons. The second kappa shape index (κ2) is 9.14. The summed E-state index contributed by atoms with van der Waals surface area (Å²) in [4.78, 5) is 11.8. The van der Waals surface area contributed by atoms with Crippen molar-refractivity contribution in [2.75, 3.05) is 12.3 Å². The number of hydrogen-bond donors (Lipinski definition) is 1. The number of nitrogens with one attached hydrogen (secondary N) is 1. The maximum absolute atomic E-state index is 11.8.